The molecule has 0 aliphatic rings. The Kier molecular flexibility index (Phi) is 3.21. The third-order valence-corrected chi connectivity index (χ3v) is 2.63. The van der Waals surface area contributed by atoms with Crippen LogP contribution in [0.1, 0.15) is 10.4 Å². The number of anilines is 1. The minimum atomic E-state index is -0.731. The van der Waals surface area contributed by atoms with E-state index in [1.165, 1.54) is 12.1 Å². The van der Waals surface area contributed by atoms with Gasteiger partial charge in [0, 0.05) is 5.56 Å². The number of benzene rings is 1. The standard InChI is InChI=1S/C12H12N4O3/c13-11(19)8-5-9(15-12(8)16(14)6-17)7-3-1-2-4-10(7)18/h1-6,15,18H,14H2,(H2,13,19). The highest BCUT2D eigenvalue weighted by Gasteiger charge is 2.18. The molecule has 0 aliphatic carbocycles. The van der Waals surface area contributed by atoms with Crippen molar-refractivity contribution in [3.8, 4) is 17.0 Å². The molecule has 2 rings (SSSR count). The number of carbonyl (C=O) groups excluding carboxylic acids is 2. The second kappa shape index (κ2) is 4.83. The Morgan fingerprint density at radius 1 is 1.37 bits per heavy atom. The molecule has 0 fully saturated rings. The van der Waals surface area contributed by atoms with Crippen LogP contribution in [0.2, 0.25) is 0 Å². The Balaban J connectivity index is 2.58. The lowest BCUT2D eigenvalue weighted by molar-refractivity contribution is -0.107. The van der Waals surface area contributed by atoms with Crippen molar-refractivity contribution in [3.05, 3.63) is 35.9 Å². The number of aromatic amines is 1. The zero-order valence-corrected chi connectivity index (χ0v) is 9.83. The van der Waals surface area contributed by atoms with Crippen molar-refractivity contribution in [1.82, 2.24) is 4.98 Å². The fraction of sp³-hybridized carbons (Fsp3) is 0. The molecule has 1 heterocycles. The van der Waals surface area contributed by atoms with E-state index in [1.807, 2.05) is 0 Å². The van der Waals surface area contributed by atoms with Crippen LogP contribution in [0.25, 0.3) is 11.3 Å². The van der Waals surface area contributed by atoms with Crippen molar-refractivity contribution in [1.29, 1.82) is 0 Å². The quantitative estimate of drug-likeness (QED) is 0.273. The van der Waals surface area contributed by atoms with Crippen LogP contribution in [0.4, 0.5) is 5.82 Å². The minimum Gasteiger partial charge on any atom is -0.507 e. The second-order valence-electron chi connectivity index (χ2n) is 3.84. The van der Waals surface area contributed by atoms with E-state index in [2.05, 4.69) is 4.98 Å². The number of amides is 2. The fourth-order valence-electron chi connectivity index (χ4n) is 1.73. The van der Waals surface area contributed by atoms with Crippen LogP contribution >= 0.6 is 0 Å². The van der Waals surface area contributed by atoms with E-state index < -0.39 is 5.91 Å². The van der Waals surface area contributed by atoms with Crippen molar-refractivity contribution < 1.29 is 14.7 Å². The Hall–Kier alpha value is -2.80. The molecule has 0 aliphatic heterocycles. The van der Waals surface area contributed by atoms with Crippen molar-refractivity contribution in [2.45, 2.75) is 0 Å². The van der Waals surface area contributed by atoms with Gasteiger partial charge in [0.1, 0.15) is 11.6 Å². The number of phenolic OH excluding ortho intramolecular Hbond substituents is 1. The predicted molar refractivity (Wildman–Crippen MR) is 69.1 cm³/mol. The highest BCUT2D eigenvalue weighted by Crippen LogP contribution is 2.31. The Bertz CT molecular complexity index is 636. The van der Waals surface area contributed by atoms with Crippen molar-refractivity contribution in [3.63, 3.8) is 0 Å². The third-order valence-electron chi connectivity index (χ3n) is 2.63. The number of nitrogens with two attached hydrogens (primary N) is 2. The molecule has 2 amide bonds. The summed E-state index contributed by atoms with van der Waals surface area (Å²) in [4.78, 5) is 24.8. The molecule has 1 aromatic heterocycles. The number of para-hydroxylation sites is 1. The van der Waals surface area contributed by atoms with Gasteiger partial charge in [-0.3, -0.25) is 9.59 Å². The highest BCUT2D eigenvalue weighted by atomic mass is 16.3. The first-order valence-corrected chi connectivity index (χ1v) is 5.35. The van der Waals surface area contributed by atoms with Gasteiger partial charge in [-0.15, -0.1) is 0 Å². The van der Waals surface area contributed by atoms with Crippen LogP contribution < -0.4 is 16.6 Å². The SMILES string of the molecule is NC(=O)c1cc(-c2ccccc2O)[nH]c1N(N)C=O. The number of hydrazine groups is 1. The molecule has 19 heavy (non-hydrogen) atoms. The molecule has 7 heteroatoms. The average molecular weight is 260 g/mol. The minimum absolute atomic E-state index is 0.0287. The number of carbonyl (C=O) groups is 2. The van der Waals surface area contributed by atoms with Crippen LogP contribution in [0.15, 0.2) is 30.3 Å². The first kappa shape index (κ1) is 12.7. The van der Waals surface area contributed by atoms with Gasteiger partial charge in [0.25, 0.3) is 5.91 Å². The van der Waals surface area contributed by atoms with E-state index in [-0.39, 0.29) is 17.1 Å². The summed E-state index contributed by atoms with van der Waals surface area (Å²) in [6, 6.07) is 7.96. The average Bonchev–Trinajstić information content (AvgIpc) is 2.83. The van der Waals surface area contributed by atoms with E-state index in [1.54, 1.807) is 18.2 Å². The molecule has 0 saturated carbocycles. The van der Waals surface area contributed by atoms with Crippen molar-refractivity contribution in [2.24, 2.45) is 11.6 Å². The maximum Gasteiger partial charge on any atom is 0.252 e. The molecular formula is C12H12N4O3. The zero-order valence-electron chi connectivity index (χ0n) is 9.83. The Labute approximate surface area is 108 Å². The summed E-state index contributed by atoms with van der Waals surface area (Å²) in [5, 5.41) is 10.5. The van der Waals surface area contributed by atoms with Gasteiger partial charge in [-0.1, -0.05) is 12.1 Å². The predicted octanol–water partition coefficient (Wildman–Crippen LogP) is 0.323. The summed E-state index contributed by atoms with van der Waals surface area (Å²) in [6.07, 6.45) is 0.340. The highest BCUT2D eigenvalue weighted by molar-refractivity contribution is 6.01. The summed E-state index contributed by atoms with van der Waals surface area (Å²) in [6.45, 7) is 0. The molecule has 0 unspecified atom stereocenters. The zero-order chi connectivity index (χ0) is 14.0. The fourth-order valence-corrected chi connectivity index (χ4v) is 1.73. The van der Waals surface area contributed by atoms with E-state index in [9.17, 15) is 14.7 Å². The normalized spacial score (nSPS) is 10.2. The molecule has 6 N–H and O–H groups in total. The van der Waals surface area contributed by atoms with Gasteiger partial charge < -0.3 is 15.8 Å². The number of rotatable bonds is 4. The summed E-state index contributed by atoms with van der Waals surface area (Å²) in [7, 11) is 0. The van der Waals surface area contributed by atoms with E-state index in [0.29, 0.717) is 22.7 Å². The summed E-state index contributed by atoms with van der Waals surface area (Å²) >= 11 is 0. The number of primary amides is 1. The van der Waals surface area contributed by atoms with Gasteiger partial charge in [0.05, 0.1) is 11.3 Å². The van der Waals surface area contributed by atoms with Gasteiger partial charge in [0.2, 0.25) is 6.41 Å². The van der Waals surface area contributed by atoms with Gasteiger partial charge in [-0.2, -0.15) is 0 Å². The Morgan fingerprint density at radius 2 is 2.05 bits per heavy atom. The smallest absolute Gasteiger partial charge is 0.252 e. The first-order chi connectivity index (χ1) is 9.04. The molecule has 0 radical (unpaired) electrons. The number of nitrogens with one attached hydrogen (secondary N) is 1. The van der Waals surface area contributed by atoms with Crippen LogP contribution in [0.5, 0.6) is 5.75 Å². The summed E-state index contributed by atoms with van der Waals surface area (Å²) in [5.41, 5.74) is 6.18. The number of aromatic nitrogens is 1. The molecule has 2 aromatic rings. The lowest BCUT2D eigenvalue weighted by Crippen LogP contribution is -2.31. The van der Waals surface area contributed by atoms with Crippen molar-refractivity contribution in [2.75, 3.05) is 5.01 Å². The number of aromatic hydroxyl groups is 1. The monoisotopic (exact) mass is 260 g/mol. The summed E-state index contributed by atoms with van der Waals surface area (Å²) < 4.78 is 0. The maximum absolute atomic E-state index is 11.3. The largest absolute Gasteiger partial charge is 0.507 e. The number of phenols is 1. The molecule has 0 spiro atoms. The molecule has 0 atom stereocenters. The Morgan fingerprint density at radius 3 is 2.63 bits per heavy atom. The molecule has 1 aromatic carbocycles. The van der Waals surface area contributed by atoms with Crippen LogP contribution in [0, 0.1) is 0 Å². The molecular weight excluding hydrogens is 248 g/mol. The van der Waals surface area contributed by atoms with Gasteiger partial charge in [0.15, 0.2) is 0 Å². The number of H-pyrrole nitrogens is 1. The second-order valence-corrected chi connectivity index (χ2v) is 3.84. The van der Waals surface area contributed by atoms with Gasteiger partial charge in [-0.05, 0) is 18.2 Å². The number of nitrogens with zero attached hydrogens (tertiary/aromatic N) is 1. The van der Waals surface area contributed by atoms with E-state index in [4.69, 9.17) is 11.6 Å². The molecule has 98 valence electrons. The lowest BCUT2D eigenvalue weighted by atomic mass is 10.1. The maximum atomic E-state index is 11.3. The van der Waals surface area contributed by atoms with E-state index >= 15 is 0 Å². The number of hydrogen-bond donors (Lipinski definition) is 4. The third kappa shape index (κ3) is 2.26. The van der Waals surface area contributed by atoms with Gasteiger partial charge >= 0.3 is 0 Å². The first-order valence-electron chi connectivity index (χ1n) is 5.35. The van der Waals surface area contributed by atoms with Gasteiger partial charge in [-0.25, -0.2) is 10.9 Å². The van der Waals surface area contributed by atoms with Crippen LogP contribution in [-0.4, -0.2) is 22.4 Å². The number of hydrogen-bond acceptors (Lipinski definition) is 4. The van der Waals surface area contributed by atoms with Crippen molar-refractivity contribution >= 4 is 18.1 Å². The molecule has 0 saturated heterocycles. The van der Waals surface area contributed by atoms with E-state index in [0.717, 1.165) is 0 Å². The van der Waals surface area contributed by atoms with Crippen LogP contribution in [-0.2, 0) is 4.79 Å². The van der Waals surface area contributed by atoms with Crippen LogP contribution in [0.3, 0.4) is 0 Å². The molecule has 0 bridgehead atoms. The topological polar surface area (TPSA) is 125 Å². The summed E-state index contributed by atoms with van der Waals surface area (Å²) in [5.74, 6) is 4.79. The molecule has 7 nitrogen and oxygen atoms in total. The lowest BCUT2D eigenvalue weighted by Gasteiger charge is -2.08.